The van der Waals surface area contributed by atoms with Crippen molar-refractivity contribution in [3.8, 4) is 0 Å². The second-order valence-corrected chi connectivity index (χ2v) is 5.08. The Hall–Kier alpha value is -2.04. The summed E-state index contributed by atoms with van der Waals surface area (Å²) in [5, 5.41) is 1.12. The lowest BCUT2D eigenvalue weighted by Gasteiger charge is -1.98. The summed E-state index contributed by atoms with van der Waals surface area (Å²) >= 11 is 11.9. The summed E-state index contributed by atoms with van der Waals surface area (Å²) in [6, 6.07) is 10.6. The molecule has 3 rings (SSSR count). The molecule has 0 fully saturated rings. The van der Waals surface area contributed by atoms with Crippen molar-refractivity contribution < 1.29 is 0 Å². The monoisotopic (exact) mass is 305 g/mol. The SMILES string of the molecule is O=c1[nH]c2ccc(N=Cc3ccc(Cl)cc3Cl)cc2[nH]1. The molecule has 0 amide bonds. The van der Waals surface area contributed by atoms with Crippen molar-refractivity contribution in [2.45, 2.75) is 0 Å². The van der Waals surface area contributed by atoms with Gasteiger partial charge in [0.2, 0.25) is 0 Å². The van der Waals surface area contributed by atoms with Gasteiger partial charge in [-0.3, -0.25) is 4.99 Å². The van der Waals surface area contributed by atoms with E-state index in [-0.39, 0.29) is 5.69 Å². The zero-order valence-electron chi connectivity index (χ0n) is 10.2. The lowest BCUT2D eigenvalue weighted by atomic mass is 10.2. The van der Waals surface area contributed by atoms with Crippen LogP contribution in [0.2, 0.25) is 10.0 Å². The average molecular weight is 306 g/mol. The van der Waals surface area contributed by atoms with E-state index in [0.29, 0.717) is 15.6 Å². The van der Waals surface area contributed by atoms with Crippen molar-refractivity contribution in [1.29, 1.82) is 0 Å². The fourth-order valence-electron chi connectivity index (χ4n) is 1.85. The molecule has 0 aliphatic heterocycles. The van der Waals surface area contributed by atoms with Crippen LogP contribution in [-0.4, -0.2) is 16.2 Å². The molecule has 0 atom stereocenters. The van der Waals surface area contributed by atoms with Crippen LogP contribution in [0.4, 0.5) is 5.69 Å². The number of aromatic nitrogens is 2. The molecule has 0 bridgehead atoms. The first-order valence-electron chi connectivity index (χ1n) is 5.83. The summed E-state index contributed by atoms with van der Waals surface area (Å²) in [5.41, 5.74) is 2.73. The second-order valence-electron chi connectivity index (χ2n) is 4.23. The first kappa shape index (κ1) is 13.0. The molecule has 0 spiro atoms. The number of hydrogen-bond donors (Lipinski definition) is 2. The highest BCUT2D eigenvalue weighted by atomic mass is 35.5. The van der Waals surface area contributed by atoms with Crippen LogP contribution in [0.15, 0.2) is 46.2 Å². The number of hydrogen-bond acceptors (Lipinski definition) is 2. The highest BCUT2D eigenvalue weighted by Gasteiger charge is 2.00. The average Bonchev–Trinajstić information content (AvgIpc) is 2.77. The third-order valence-corrected chi connectivity index (χ3v) is 3.38. The van der Waals surface area contributed by atoms with Crippen molar-refractivity contribution in [1.82, 2.24) is 9.97 Å². The smallest absolute Gasteiger partial charge is 0.306 e. The van der Waals surface area contributed by atoms with Crippen LogP contribution in [0.25, 0.3) is 11.0 Å². The normalized spacial score (nSPS) is 11.5. The molecule has 2 aromatic carbocycles. The predicted octanol–water partition coefficient (Wildman–Crippen LogP) is 3.91. The van der Waals surface area contributed by atoms with Crippen molar-refractivity contribution >= 4 is 46.1 Å². The van der Waals surface area contributed by atoms with E-state index in [0.717, 1.165) is 16.8 Å². The van der Waals surface area contributed by atoms with Gasteiger partial charge in [-0.05, 0) is 30.3 Å². The minimum atomic E-state index is -0.234. The summed E-state index contributed by atoms with van der Waals surface area (Å²) in [5.74, 6) is 0. The Morgan fingerprint density at radius 1 is 1.00 bits per heavy atom. The lowest BCUT2D eigenvalue weighted by molar-refractivity contribution is 1.21. The first-order chi connectivity index (χ1) is 9.61. The summed E-state index contributed by atoms with van der Waals surface area (Å²) < 4.78 is 0. The second kappa shape index (κ2) is 5.15. The standard InChI is InChI=1S/C14H9Cl2N3O/c15-9-2-1-8(11(16)5-9)7-17-10-3-4-12-13(6-10)19-14(20)18-12/h1-7H,(H2,18,19,20). The Morgan fingerprint density at radius 2 is 1.80 bits per heavy atom. The minimum absolute atomic E-state index is 0.234. The van der Waals surface area contributed by atoms with Crippen molar-refractivity contribution in [2.24, 2.45) is 4.99 Å². The maximum Gasteiger partial charge on any atom is 0.323 e. The van der Waals surface area contributed by atoms with Gasteiger partial charge >= 0.3 is 5.69 Å². The summed E-state index contributed by atoms with van der Waals surface area (Å²) in [7, 11) is 0. The molecule has 0 radical (unpaired) electrons. The number of aromatic amines is 2. The Morgan fingerprint density at radius 3 is 2.60 bits per heavy atom. The number of benzene rings is 2. The van der Waals surface area contributed by atoms with Crippen LogP contribution < -0.4 is 5.69 Å². The Balaban J connectivity index is 1.95. The quantitative estimate of drug-likeness (QED) is 0.693. The van der Waals surface area contributed by atoms with Gasteiger partial charge in [0.1, 0.15) is 0 Å². The van der Waals surface area contributed by atoms with E-state index < -0.39 is 0 Å². The van der Waals surface area contributed by atoms with Crippen LogP contribution >= 0.6 is 23.2 Å². The predicted molar refractivity (Wildman–Crippen MR) is 82.6 cm³/mol. The first-order valence-corrected chi connectivity index (χ1v) is 6.58. The van der Waals surface area contributed by atoms with Gasteiger partial charge in [-0.15, -0.1) is 0 Å². The topological polar surface area (TPSA) is 61.0 Å². The van der Waals surface area contributed by atoms with Crippen LogP contribution in [0, 0.1) is 0 Å². The zero-order valence-corrected chi connectivity index (χ0v) is 11.7. The molecule has 3 aromatic rings. The number of nitrogens with zero attached hydrogens (tertiary/aromatic N) is 1. The highest BCUT2D eigenvalue weighted by molar-refractivity contribution is 6.36. The van der Waals surface area contributed by atoms with Gasteiger partial charge in [-0.25, -0.2) is 4.79 Å². The number of fused-ring (bicyclic) bond motifs is 1. The molecular weight excluding hydrogens is 297 g/mol. The molecule has 1 heterocycles. The maximum absolute atomic E-state index is 11.2. The lowest BCUT2D eigenvalue weighted by Crippen LogP contribution is -1.99. The van der Waals surface area contributed by atoms with Gasteiger partial charge in [0.25, 0.3) is 0 Å². The van der Waals surface area contributed by atoms with Gasteiger partial charge in [0, 0.05) is 16.8 Å². The minimum Gasteiger partial charge on any atom is -0.306 e. The summed E-state index contributed by atoms with van der Waals surface area (Å²) in [6.45, 7) is 0. The van der Waals surface area contributed by atoms with Crippen LogP contribution in [0.3, 0.4) is 0 Å². The molecule has 0 aliphatic carbocycles. The molecule has 20 heavy (non-hydrogen) atoms. The Bertz CT molecular complexity index is 864. The molecule has 0 unspecified atom stereocenters. The number of H-pyrrole nitrogens is 2. The van der Waals surface area contributed by atoms with Gasteiger partial charge in [0.05, 0.1) is 21.7 Å². The van der Waals surface area contributed by atoms with E-state index in [1.807, 2.05) is 6.07 Å². The van der Waals surface area contributed by atoms with E-state index in [2.05, 4.69) is 15.0 Å². The molecular formula is C14H9Cl2N3O. The van der Waals surface area contributed by atoms with E-state index >= 15 is 0 Å². The fraction of sp³-hybridized carbons (Fsp3) is 0. The number of nitrogens with one attached hydrogen (secondary N) is 2. The van der Waals surface area contributed by atoms with E-state index in [1.54, 1.807) is 36.5 Å². The molecule has 0 aliphatic rings. The highest BCUT2D eigenvalue weighted by Crippen LogP contribution is 2.21. The number of halogens is 2. The van der Waals surface area contributed by atoms with Gasteiger partial charge in [-0.2, -0.15) is 0 Å². The van der Waals surface area contributed by atoms with Crippen LogP contribution in [0.1, 0.15) is 5.56 Å². The van der Waals surface area contributed by atoms with Gasteiger partial charge in [0.15, 0.2) is 0 Å². The summed E-state index contributed by atoms with van der Waals surface area (Å²) in [4.78, 5) is 20.9. The van der Waals surface area contributed by atoms with Crippen LogP contribution in [0.5, 0.6) is 0 Å². The molecule has 2 N–H and O–H groups in total. The molecule has 100 valence electrons. The Labute approximate surface area is 124 Å². The molecule has 0 saturated carbocycles. The van der Waals surface area contributed by atoms with Gasteiger partial charge < -0.3 is 9.97 Å². The molecule has 0 saturated heterocycles. The van der Waals surface area contributed by atoms with Crippen LogP contribution in [-0.2, 0) is 0 Å². The van der Waals surface area contributed by atoms with Crippen molar-refractivity contribution in [3.63, 3.8) is 0 Å². The van der Waals surface area contributed by atoms with Crippen molar-refractivity contribution in [2.75, 3.05) is 0 Å². The number of aliphatic imine (C=N–C) groups is 1. The number of rotatable bonds is 2. The molecule has 4 nitrogen and oxygen atoms in total. The Kier molecular flexibility index (Phi) is 3.34. The zero-order chi connectivity index (χ0) is 14.1. The van der Waals surface area contributed by atoms with Gasteiger partial charge in [-0.1, -0.05) is 29.3 Å². The fourth-order valence-corrected chi connectivity index (χ4v) is 2.31. The van der Waals surface area contributed by atoms with E-state index in [4.69, 9.17) is 23.2 Å². The van der Waals surface area contributed by atoms with E-state index in [9.17, 15) is 4.79 Å². The third-order valence-electron chi connectivity index (χ3n) is 2.81. The van der Waals surface area contributed by atoms with E-state index in [1.165, 1.54) is 0 Å². The molecule has 6 heteroatoms. The summed E-state index contributed by atoms with van der Waals surface area (Å²) in [6.07, 6.45) is 1.66. The molecule has 1 aromatic heterocycles. The largest absolute Gasteiger partial charge is 0.323 e. The maximum atomic E-state index is 11.2. The third kappa shape index (κ3) is 2.61. The number of imidazole rings is 1. The van der Waals surface area contributed by atoms with Crippen molar-refractivity contribution in [3.05, 3.63) is 62.5 Å².